The minimum absolute atomic E-state index is 0.240. The van der Waals surface area contributed by atoms with Gasteiger partial charge in [0.1, 0.15) is 0 Å². The fraction of sp³-hybridized carbons (Fsp3) is 0.0408. The minimum Gasteiger partial charge on any atom is -0.309 e. The molecule has 0 bridgehead atoms. The number of rotatable bonds is 5. The molecule has 0 aliphatic heterocycles. The van der Waals surface area contributed by atoms with E-state index in [2.05, 4.69) is 192 Å². The molecule has 2 heteroatoms. The highest BCUT2D eigenvalue weighted by atomic mass is 15.0. The Morgan fingerprint density at radius 2 is 1.18 bits per heavy atom. The Bertz CT molecular complexity index is 2680. The quantitative estimate of drug-likeness (QED) is 0.181. The van der Waals surface area contributed by atoms with Crippen LogP contribution in [0.2, 0.25) is 0 Å². The first-order chi connectivity index (χ1) is 25.3. The molecule has 0 amide bonds. The minimum atomic E-state index is 0.240. The van der Waals surface area contributed by atoms with Crippen LogP contribution < -0.4 is 0 Å². The summed E-state index contributed by atoms with van der Waals surface area (Å²) < 4.78 is 2.34. The molecular weight excluding hydrogens is 617 g/mol. The topological polar surface area (TPSA) is 17.8 Å². The summed E-state index contributed by atoms with van der Waals surface area (Å²) in [5.74, 6) is 0.511. The molecular formula is C49H34N2. The summed E-state index contributed by atoms with van der Waals surface area (Å²) in [6.07, 6.45) is 13.0. The van der Waals surface area contributed by atoms with Crippen LogP contribution >= 0.6 is 0 Å². The molecule has 240 valence electrons. The third-order valence-corrected chi connectivity index (χ3v) is 10.7. The Labute approximate surface area is 298 Å². The van der Waals surface area contributed by atoms with Crippen molar-refractivity contribution in [1.29, 1.82) is 0 Å². The van der Waals surface area contributed by atoms with Gasteiger partial charge in [-0.2, -0.15) is 0 Å². The van der Waals surface area contributed by atoms with Gasteiger partial charge in [-0.1, -0.05) is 140 Å². The first kappa shape index (κ1) is 29.4. The number of benzene rings is 6. The van der Waals surface area contributed by atoms with Crippen LogP contribution in [0.1, 0.15) is 28.2 Å². The van der Waals surface area contributed by atoms with E-state index in [-0.39, 0.29) is 11.8 Å². The van der Waals surface area contributed by atoms with Gasteiger partial charge in [-0.15, -0.1) is 0 Å². The second-order valence-corrected chi connectivity index (χ2v) is 13.5. The predicted molar refractivity (Wildman–Crippen MR) is 212 cm³/mol. The molecule has 2 heterocycles. The number of aromatic nitrogens is 2. The van der Waals surface area contributed by atoms with E-state index in [0.29, 0.717) is 0 Å². The summed E-state index contributed by atoms with van der Waals surface area (Å²) in [4.78, 5) is 4.51. The molecule has 0 radical (unpaired) electrons. The molecule has 0 saturated carbocycles. The van der Waals surface area contributed by atoms with E-state index >= 15 is 0 Å². The van der Waals surface area contributed by atoms with E-state index < -0.39 is 0 Å². The first-order valence-corrected chi connectivity index (χ1v) is 17.7. The number of hydrogen-bond acceptors (Lipinski definition) is 1. The van der Waals surface area contributed by atoms with Gasteiger partial charge in [0.2, 0.25) is 0 Å². The number of pyridine rings is 1. The van der Waals surface area contributed by atoms with Crippen LogP contribution in [-0.2, 0) is 0 Å². The van der Waals surface area contributed by atoms with Crippen molar-refractivity contribution >= 4 is 27.4 Å². The number of allylic oxidation sites excluding steroid dienone is 5. The number of para-hydroxylation sites is 1. The van der Waals surface area contributed by atoms with E-state index in [1.54, 1.807) is 0 Å². The van der Waals surface area contributed by atoms with Crippen molar-refractivity contribution in [3.05, 3.63) is 222 Å². The zero-order valence-corrected chi connectivity index (χ0v) is 28.0. The average molecular weight is 651 g/mol. The largest absolute Gasteiger partial charge is 0.309 e. The zero-order chi connectivity index (χ0) is 33.7. The van der Waals surface area contributed by atoms with Crippen LogP contribution in [0.3, 0.4) is 0 Å². The molecule has 2 nitrogen and oxygen atoms in total. The second-order valence-electron chi connectivity index (χ2n) is 13.5. The predicted octanol–water partition coefficient (Wildman–Crippen LogP) is 12.2. The molecule has 2 aliphatic carbocycles. The molecule has 6 aromatic carbocycles. The van der Waals surface area contributed by atoms with E-state index in [0.717, 1.165) is 16.6 Å². The van der Waals surface area contributed by atoms with Gasteiger partial charge in [-0.05, 0) is 98.1 Å². The summed E-state index contributed by atoms with van der Waals surface area (Å²) >= 11 is 0. The highest BCUT2D eigenvalue weighted by Crippen LogP contribution is 2.51. The van der Waals surface area contributed by atoms with Crippen LogP contribution in [-0.4, -0.2) is 9.55 Å². The van der Waals surface area contributed by atoms with E-state index in [1.807, 2.05) is 12.4 Å². The Hall–Kier alpha value is -6.51. The normalized spacial score (nSPS) is 16.4. The molecule has 0 fully saturated rings. The highest BCUT2D eigenvalue weighted by molar-refractivity contribution is 6.10. The molecule has 0 N–H and O–H groups in total. The van der Waals surface area contributed by atoms with Gasteiger partial charge in [0.05, 0.1) is 11.0 Å². The Morgan fingerprint density at radius 3 is 1.98 bits per heavy atom. The third-order valence-electron chi connectivity index (χ3n) is 10.7. The van der Waals surface area contributed by atoms with Gasteiger partial charge < -0.3 is 4.57 Å². The smallest absolute Gasteiger partial charge is 0.0571 e. The lowest BCUT2D eigenvalue weighted by Crippen LogP contribution is -2.22. The lowest BCUT2D eigenvalue weighted by molar-refractivity contribution is 0.649. The zero-order valence-electron chi connectivity index (χ0n) is 28.0. The standard InChI is InChI=1S/C49H34N2/c1-4-13-33(14-5-1)48-40-21-10-11-22-41(40)49(34-15-6-2-7-16-34)44-31-37(23-25-42(44)48)35-17-12-18-36(29-35)38-24-26-46-43(30-38)45-32-50-28-27-47(45)51(46)39-19-8-3-9-20-39/h1-32,40,48H. The summed E-state index contributed by atoms with van der Waals surface area (Å²) in [6, 6.07) is 57.6. The maximum Gasteiger partial charge on any atom is 0.0571 e. The van der Waals surface area contributed by atoms with Gasteiger partial charge in [-0.3, -0.25) is 4.98 Å². The van der Waals surface area contributed by atoms with Gasteiger partial charge in [-0.25, -0.2) is 0 Å². The summed E-state index contributed by atoms with van der Waals surface area (Å²) in [6.45, 7) is 0. The van der Waals surface area contributed by atoms with Crippen LogP contribution in [0.15, 0.2) is 200 Å². The third kappa shape index (κ3) is 4.91. The number of fused-ring (bicyclic) bond motifs is 5. The van der Waals surface area contributed by atoms with E-state index in [1.165, 1.54) is 66.6 Å². The number of nitrogens with zero attached hydrogens (tertiary/aromatic N) is 2. The van der Waals surface area contributed by atoms with Gasteiger partial charge in [0.15, 0.2) is 0 Å². The SMILES string of the molecule is C1=CC2=C(c3ccccc3)c3cc(-c4cccc(-c5ccc6c(c5)c5cnccc5n6-c5ccccc5)c4)ccc3C(c3ccccc3)C2C=C1. The maximum absolute atomic E-state index is 4.51. The van der Waals surface area contributed by atoms with E-state index in [9.17, 15) is 0 Å². The highest BCUT2D eigenvalue weighted by Gasteiger charge is 2.35. The van der Waals surface area contributed by atoms with Gasteiger partial charge >= 0.3 is 0 Å². The van der Waals surface area contributed by atoms with Crippen molar-refractivity contribution in [2.75, 3.05) is 0 Å². The van der Waals surface area contributed by atoms with Crippen LogP contribution in [0.25, 0.3) is 55.3 Å². The molecule has 2 unspecified atom stereocenters. The molecule has 0 spiro atoms. The molecule has 10 rings (SSSR count). The van der Waals surface area contributed by atoms with Gasteiger partial charge in [0.25, 0.3) is 0 Å². The Kier molecular flexibility index (Phi) is 6.99. The van der Waals surface area contributed by atoms with Crippen molar-refractivity contribution in [2.24, 2.45) is 5.92 Å². The first-order valence-electron chi connectivity index (χ1n) is 17.7. The van der Waals surface area contributed by atoms with Crippen molar-refractivity contribution < 1.29 is 0 Å². The monoisotopic (exact) mass is 650 g/mol. The van der Waals surface area contributed by atoms with Crippen LogP contribution in [0.5, 0.6) is 0 Å². The number of hydrogen-bond donors (Lipinski definition) is 0. The van der Waals surface area contributed by atoms with Crippen molar-refractivity contribution in [3.63, 3.8) is 0 Å². The van der Waals surface area contributed by atoms with E-state index in [4.69, 9.17) is 0 Å². The lowest BCUT2D eigenvalue weighted by atomic mass is 9.66. The lowest BCUT2D eigenvalue weighted by Gasteiger charge is -2.37. The molecule has 51 heavy (non-hydrogen) atoms. The van der Waals surface area contributed by atoms with Crippen molar-refractivity contribution in [2.45, 2.75) is 5.92 Å². The molecule has 2 atom stereocenters. The van der Waals surface area contributed by atoms with Crippen LogP contribution in [0.4, 0.5) is 0 Å². The molecule has 2 aliphatic rings. The average Bonchev–Trinajstić information content (AvgIpc) is 3.54. The second kappa shape index (κ2) is 12.1. The molecule has 2 aromatic heterocycles. The fourth-order valence-corrected chi connectivity index (χ4v) is 8.42. The summed E-state index contributed by atoms with van der Waals surface area (Å²) in [5, 5.41) is 2.36. The Morgan fingerprint density at radius 1 is 0.510 bits per heavy atom. The fourth-order valence-electron chi connectivity index (χ4n) is 8.42. The molecule has 0 saturated heterocycles. The Balaban J connectivity index is 1.12. The van der Waals surface area contributed by atoms with Crippen molar-refractivity contribution in [1.82, 2.24) is 9.55 Å². The van der Waals surface area contributed by atoms with Gasteiger partial charge in [0, 0.05) is 40.7 Å². The maximum atomic E-state index is 4.51. The van der Waals surface area contributed by atoms with Crippen molar-refractivity contribution in [3.8, 4) is 27.9 Å². The summed E-state index contributed by atoms with van der Waals surface area (Å²) in [5.41, 5.74) is 16.3. The van der Waals surface area contributed by atoms with Crippen LogP contribution in [0, 0.1) is 5.92 Å². The molecule has 8 aromatic rings. The summed E-state index contributed by atoms with van der Waals surface area (Å²) in [7, 11) is 0.